The second-order valence-electron chi connectivity index (χ2n) is 5.70. The van der Waals surface area contributed by atoms with Gasteiger partial charge in [0.1, 0.15) is 0 Å². The van der Waals surface area contributed by atoms with E-state index in [-0.39, 0.29) is 0 Å². The molecule has 4 fully saturated rings. The molecule has 92 valence electrons. The quantitative estimate of drug-likeness (QED) is 0.406. The summed E-state index contributed by atoms with van der Waals surface area (Å²) in [5.41, 5.74) is -0.828. The number of hydrogen-bond donors (Lipinski definition) is 0. The van der Waals surface area contributed by atoms with Crippen LogP contribution >= 0.6 is 0 Å². The third-order valence-corrected chi connectivity index (χ3v) is 4.47. The van der Waals surface area contributed by atoms with Gasteiger partial charge in [0.15, 0.2) is 0 Å². The van der Waals surface area contributed by atoms with Gasteiger partial charge in [-0.2, -0.15) is 0 Å². The fraction of sp³-hybridized carbons (Fsp3) is 0.833. The molecule has 0 amide bonds. The number of rotatable bonds is 4. The second kappa shape index (κ2) is 3.75. The molecule has 4 bridgehead atoms. The number of ether oxygens (including phenoxy) is 2. The van der Waals surface area contributed by atoms with Crippen LogP contribution < -0.4 is 0 Å². The predicted octanol–water partition coefficient (Wildman–Crippen LogP) is 1.25. The SMILES string of the molecule is O=[C-]OC12CC3CC(C1)CC(O[C-]=O)(C3)C2.[Rf].[Rf]. The molecule has 0 spiro atoms. The molecule has 4 rings (SSSR count). The van der Waals surface area contributed by atoms with Gasteiger partial charge in [0.25, 0.3) is 0 Å². The van der Waals surface area contributed by atoms with Gasteiger partial charge in [0, 0.05) is 6.42 Å². The van der Waals surface area contributed by atoms with Crippen LogP contribution in [0, 0.1) is 11.8 Å². The molecule has 4 nitrogen and oxygen atoms in total. The standard InChI is InChI=1S/C12H14O4.2Rf/c13-7-15-11-2-9-1-10(4-11)5-12(3-9,6-11)16-8-14;;/h9-10H,1-6H2;;/q-2;;. The van der Waals surface area contributed by atoms with Crippen molar-refractivity contribution in [3.63, 3.8) is 0 Å². The van der Waals surface area contributed by atoms with Gasteiger partial charge in [-0.1, -0.05) is 12.9 Å². The van der Waals surface area contributed by atoms with E-state index in [1.807, 2.05) is 0 Å². The summed E-state index contributed by atoms with van der Waals surface area (Å²) in [6, 6.07) is 0. The molecule has 0 heterocycles. The first-order chi connectivity index (χ1) is 7.69. The molecule has 0 aliphatic heterocycles. The van der Waals surface area contributed by atoms with Crippen LogP contribution in [0.15, 0.2) is 0 Å². The van der Waals surface area contributed by atoms with Crippen LogP contribution in [0.1, 0.15) is 38.5 Å². The average Bonchev–Trinajstić information content (AvgIpc) is 2.14. The van der Waals surface area contributed by atoms with Gasteiger partial charge in [-0.15, -0.1) is 0 Å². The molecule has 18 heavy (non-hydrogen) atoms. The Bertz CT molecular complexity index is 292. The van der Waals surface area contributed by atoms with E-state index >= 15 is 0 Å². The Labute approximate surface area is 94.3 Å². The van der Waals surface area contributed by atoms with Gasteiger partial charge in [0.2, 0.25) is 0 Å². The first-order valence-corrected chi connectivity index (χ1v) is 5.80. The van der Waals surface area contributed by atoms with Crippen LogP contribution in [0.4, 0.5) is 0 Å². The molecular weight excluding hydrogens is 742 g/mol. The van der Waals surface area contributed by atoms with Crippen molar-refractivity contribution in [2.45, 2.75) is 49.7 Å². The van der Waals surface area contributed by atoms with Crippen LogP contribution in [-0.4, -0.2) is 24.1 Å². The summed E-state index contributed by atoms with van der Waals surface area (Å²) in [6.07, 6.45) is 5.43. The van der Waals surface area contributed by atoms with Crippen LogP contribution in [0.2, 0.25) is 0 Å². The molecule has 0 aromatic heterocycles. The summed E-state index contributed by atoms with van der Waals surface area (Å²) in [5.74, 6) is 1.03. The van der Waals surface area contributed by atoms with Crippen molar-refractivity contribution in [3.05, 3.63) is 0 Å². The fourth-order valence-electron chi connectivity index (χ4n) is 4.51. The first kappa shape index (κ1) is 13.0. The molecule has 6 heteroatoms. The van der Waals surface area contributed by atoms with Crippen molar-refractivity contribution >= 4 is 12.9 Å². The van der Waals surface area contributed by atoms with Gasteiger partial charge in [0.05, 0.1) is 11.2 Å². The normalized spacial score (nSPS) is 43.3. The second-order valence-corrected chi connectivity index (χ2v) is 5.70. The maximum Gasteiger partial charge on any atom is 0.0753 e. The van der Waals surface area contributed by atoms with Gasteiger partial charge < -0.3 is 19.1 Å². The molecule has 0 atom stereocenters. The summed E-state index contributed by atoms with van der Waals surface area (Å²) in [7, 11) is 0. The van der Waals surface area contributed by atoms with Gasteiger partial charge in [-0.25, -0.2) is 0 Å². The zero-order valence-corrected chi connectivity index (χ0v) is 23.2. The molecule has 4 aliphatic rings. The molecule has 0 radical (unpaired) electrons. The van der Waals surface area contributed by atoms with Crippen molar-refractivity contribution in [1.82, 2.24) is 0 Å². The maximum absolute atomic E-state index is 10.5. The minimum Gasteiger partial charge on any atom is -0.648 e. The van der Waals surface area contributed by atoms with Gasteiger partial charge >= 0.3 is 0 Å². The van der Waals surface area contributed by atoms with E-state index in [0.29, 0.717) is 18.3 Å². The smallest absolute Gasteiger partial charge is 0.0753 e. The van der Waals surface area contributed by atoms with Crippen LogP contribution in [0.3, 0.4) is 0 Å². The molecule has 4 saturated carbocycles. The Morgan fingerprint density at radius 1 is 0.833 bits per heavy atom. The van der Waals surface area contributed by atoms with E-state index in [9.17, 15) is 9.59 Å². The minimum atomic E-state index is -0.414. The van der Waals surface area contributed by atoms with Crippen LogP contribution in [0.25, 0.3) is 0 Å². The predicted molar refractivity (Wildman–Crippen MR) is 53.7 cm³/mol. The molecule has 4 aliphatic carbocycles. The minimum absolute atomic E-state index is 0. The largest absolute Gasteiger partial charge is 0.648 e. The monoisotopic (exact) mass is 756 g/mol. The summed E-state index contributed by atoms with van der Waals surface area (Å²) in [5, 5.41) is 0. The molecule has 0 saturated heterocycles. The maximum atomic E-state index is 10.5. The number of hydrogen-bond acceptors (Lipinski definition) is 4. The van der Waals surface area contributed by atoms with Gasteiger partial charge in [-0.05, 0) is 43.9 Å². The Balaban J connectivity index is 0.000000810. The first-order valence-electron chi connectivity index (χ1n) is 5.80. The summed E-state index contributed by atoms with van der Waals surface area (Å²) >= 11 is 0. The molecule has 0 aromatic carbocycles. The van der Waals surface area contributed by atoms with Gasteiger partial charge in [-0.3, -0.25) is 0 Å². The number of carbonyl (C=O) groups excluding carboxylic acids is 2. The third-order valence-electron chi connectivity index (χ3n) is 4.47. The van der Waals surface area contributed by atoms with Crippen molar-refractivity contribution in [2.24, 2.45) is 11.8 Å². The van der Waals surface area contributed by atoms with E-state index in [0.717, 1.165) is 25.7 Å². The summed E-state index contributed by atoms with van der Waals surface area (Å²) in [4.78, 5) is 21.0. The zero-order chi connectivity index (χ0) is 11.2. The van der Waals surface area contributed by atoms with E-state index in [1.54, 1.807) is 12.9 Å². The van der Waals surface area contributed by atoms with Crippen molar-refractivity contribution in [3.8, 4) is 0 Å². The summed E-state index contributed by atoms with van der Waals surface area (Å²) < 4.78 is 10.4. The zero-order valence-electron chi connectivity index (χ0n) is 10.4. The van der Waals surface area contributed by atoms with Crippen molar-refractivity contribution in [2.75, 3.05) is 0 Å². The van der Waals surface area contributed by atoms with Crippen molar-refractivity contribution in [1.29, 1.82) is 0 Å². The fourth-order valence-corrected chi connectivity index (χ4v) is 4.51. The molecule has 0 unspecified atom stereocenters. The Morgan fingerprint density at radius 3 is 1.56 bits per heavy atom. The van der Waals surface area contributed by atoms with E-state index < -0.39 is 11.2 Å². The van der Waals surface area contributed by atoms with E-state index in [2.05, 4.69) is 0 Å². The Kier molecular flexibility index (Phi) is 2.71. The molecule has 0 aromatic rings. The third kappa shape index (κ3) is 1.51. The Morgan fingerprint density at radius 2 is 1.22 bits per heavy atom. The van der Waals surface area contributed by atoms with Crippen LogP contribution in [-0.2, 0) is 19.1 Å². The van der Waals surface area contributed by atoms with Crippen molar-refractivity contribution < 1.29 is 19.1 Å². The van der Waals surface area contributed by atoms with Crippen LogP contribution in [0.5, 0.6) is 0 Å². The topological polar surface area (TPSA) is 52.6 Å². The molecule has 0 N–H and O–H groups in total. The van der Waals surface area contributed by atoms with E-state index in [1.165, 1.54) is 6.42 Å². The van der Waals surface area contributed by atoms with E-state index in [4.69, 9.17) is 9.47 Å². The Hall–Kier alpha value is -3.06. The molecular formula is C12H14O4Rf2-2. The summed E-state index contributed by atoms with van der Waals surface area (Å²) in [6.45, 7) is 3.16. The average molecular weight is 756 g/mol.